The van der Waals surface area contributed by atoms with Gasteiger partial charge in [-0.05, 0) is 12.5 Å². The minimum atomic E-state index is -0.759. The monoisotopic (exact) mass is 255 g/mol. The Morgan fingerprint density at radius 3 is 2.65 bits per heavy atom. The van der Waals surface area contributed by atoms with Crippen molar-refractivity contribution in [1.82, 2.24) is 0 Å². The Balaban J connectivity index is 2.27. The topological polar surface area (TPSA) is 52.4 Å². The summed E-state index contributed by atoms with van der Waals surface area (Å²) in [5.41, 5.74) is 0.842. The quantitative estimate of drug-likeness (QED) is 0.474. The molecule has 1 aliphatic rings. The second kappa shape index (κ2) is 5.02. The first-order valence-electron chi connectivity index (χ1n) is 5.55. The van der Waals surface area contributed by atoms with Crippen LogP contribution in [0.1, 0.15) is 18.6 Å². The van der Waals surface area contributed by atoms with Gasteiger partial charge >= 0.3 is 0 Å². The highest BCUT2D eigenvalue weighted by Gasteiger charge is 2.48. The van der Waals surface area contributed by atoms with Crippen LogP contribution in [0.5, 0.6) is 0 Å². The number of hydrogen-bond donors (Lipinski definition) is 0. The van der Waals surface area contributed by atoms with Gasteiger partial charge in [0, 0.05) is 10.3 Å². The maximum atomic E-state index is 11.2. The molecule has 2 rings (SSSR count). The van der Waals surface area contributed by atoms with Gasteiger partial charge < -0.3 is 4.74 Å². The number of nitro groups is 1. The van der Waals surface area contributed by atoms with Crippen molar-refractivity contribution >= 4 is 11.6 Å². The van der Waals surface area contributed by atoms with E-state index in [1.807, 2.05) is 30.3 Å². The third-order valence-corrected chi connectivity index (χ3v) is 3.50. The number of ether oxygens (including phenoxy) is 1. The van der Waals surface area contributed by atoms with Crippen molar-refractivity contribution < 1.29 is 9.66 Å². The molecule has 0 radical (unpaired) electrons. The summed E-state index contributed by atoms with van der Waals surface area (Å²) in [6.07, 6.45) is -0.489. The molecule has 0 aromatic heterocycles. The largest absolute Gasteiger partial charge is 0.366 e. The summed E-state index contributed by atoms with van der Waals surface area (Å²) in [4.78, 5) is 10.9. The zero-order chi connectivity index (χ0) is 12.4. The average Bonchev–Trinajstić information content (AvgIpc) is 2.74. The number of alkyl halides is 1. The van der Waals surface area contributed by atoms with Crippen LogP contribution in [-0.4, -0.2) is 22.9 Å². The minimum absolute atomic E-state index is 0.239. The van der Waals surface area contributed by atoms with E-state index >= 15 is 0 Å². The van der Waals surface area contributed by atoms with Crippen LogP contribution in [-0.2, 0) is 4.74 Å². The molecule has 1 saturated heterocycles. The fourth-order valence-corrected chi connectivity index (χ4v) is 2.47. The molecular weight excluding hydrogens is 242 g/mol. The average molecular weight is 256 g/mol. The van der Waals surface area contributed by atoms with Crippen LogP contribution in [0, 0.1) is 16.0 Å². The lowest BCUT2D eigenvalue weighted by Crippen LogP contribution is -2.34. The summed E-state index contributed by atoms with van der Waals surface area (Å²) in [5, 5.41) is 10.9. The molecule has 4 atom stereocenters. The van der Waals surface area contributed by atoms with E-state index in [1.165, 1.54) is 0 Å². The number of halogens is 1. The Labute approximate surface area is 105 Å². The number of benzene rings is 1. The molecule has 0 spiro atoms. The highest BCUT2D eigenvalue weighted by molar-refractivity contribution is 6.20. The predicted octanol–water partition coefficient (Wildman–Crippen LogP) is 2.65. The van der Waals surface area contributed by atoms with Gasteiger partial charge in [0.1, 0.15) is 0 Å². The van der Waals surface area contributed by atoms with E-state index in [4.69, 9.17) is 16.3 Å². The lowest BCUT2D eigenvalue weighted by molar-refractivity contribution is -0.535. The van der Waals surface area contributed by atoms with Gasteiger partial charge in [-0.25, -0.2) is 0 Å². The van der Waals surface area contributed by atoms with Gasteiger partial charge in [-0.15, -0.1) is 11.6 Å². The van der Waals surface area contributed by atoms with Crippen LogP contribution in [0.15, 0.2) is 30.3 Å². The highest BCUT2D eigenvalue weighted by Crippen LogP contribution is 2.37. The molecule has 4 nitrogen and oxygen atoms in total. The summed E-state index contributed by atoms with van der Waals surface area (Å²) >= 11 is 5.99. The van der Waals surface area contributed by atoms with Gasteiger partial charge in [0.2, 0.25) is 6.04 Å². The van der Waals surface area contributed by atoms with Crippen LogP contribution in [0.4, 0.5) is 0 Å². The Morgan fingerprint density at radius 2 is 2.12 bits per heavy atom. The summed E-state index contributed by atoms with van der Waals surface area (Å²) in [6, 6.07) is 8.52. The van der Waals surface area contributed by atoms with Crippen molar-refractivity contribution in [3.8, 4) is 0 Å². The van der Waals surface area contributed by atoms with Crippen molar-refractivity contribution in [3.05, 3.63) is 46.0 Å². The molecule has 0 bridgehead atoms. The molecule has 0 amide bonds. The molecular formula is C12H14ClNO3. The van der Waals surface area contributed by atoms with E-state index in [2.05, 4.69) is 0 Å². The van der Waals surface area contributed by atoms with Gasteiger partial charge in [-0.1, -0.05) is 30.3 Å². The molecule has 92 valence electrons. The lowest BCUT2D eigenvalue weighted by Gasteiger charge is -2.17. The van der Waals surface area contributed by atoms with Crippen molar-refractivity contribution in [3.63, 3.8) is 0 Å². The van der Waals surface area contributed by atoms with Crippen LogP contribution < -0.4 is 0 Å². The third-order valence-electron chi connectivity index (χ3n) is 3.18. The summed E-state index contributed by atoms with van der Waals surface area (Å²) in [5.74, 6) is -0.239. The van der Waals surface area contributed by atoms with Gasteiger partial charge in [-0.3, -0.25) is 10.1 Å². The van der Waals surface area contributed by atoms with Gasteiger partial charge in [0.25, 0.3) is 0 Å². The lowest BCUT2D eigenvalue weighted by atomic mass is 9.93. The SMILES string of the molecule is CC(Cl)[C@H]1CO[C@H](c2ccccc2)[C@@H]1[N+](=O)[O-]. The molecule has 1 aromatic rings. The van der Waals surface area contributed by atoms with Crippen molar-refractivity contribution in [2.45, 2.75) is 24.4 Å². The molecule has 0 N–H and O–H groups in total. The van der Waals surface area contributed by atoms with E-state index in [-0.39, 0.29) is 16.2 Å². The van der Waals surface area contributed by atoms with Crippen molar-refractivity contribution in [2.75, 3.05) is 6.61 Å². The van der Waals surface area contributed by atoms with Crippen molar-refractivity contribution in [1.29, 1.82) is 0 Å². The Morgan fingerprint density at radius 1 is 1.47 bits per heavy atom. The molecule has 17 heavy (non-hydrogen) atoms. The maximum Gasteiger partial charge on any atom is 0.249 e. The summed E-state index contributed by atoms with van der Waals surface area (Å²) in [7, 11) is 0. The van der Waals surface area contributed by atoms with E-state index < -0.39 is 12.1 Å². The van der Waals surface area contributed by atoms with Crippen LogP contribution in [0.3, 0.4) is 0 Å². The fourth-order valence-electron chi connectivity index (χ4n) is 2.24. The Kier molecular flexibility index (Phi) is 3.64. The van der Waals surface area contributed by atoms with E-state index in [0.29, 0.717) is 6.61 Å². The molecule has 1 aliphatic heterocycles. The Hall–Kier alpha value is -1.13. The van der Waals surface area contributed by atoms with Gasteiger partial charge in [-0.2, -0.15) is 0 Å². The smallest absolute Gasteiger partial charge is 0.249 e. The molecule has 5 heteroatoms. The molecule has 1 unspecified atom stereocenters. The standard InChI is InChI=1S/C12H14ClNO3/c1-8(13)10-7-17-12(11(10)14(15)16)9-5-3-2-4-6-9/h2-6,8,10-12H,7H2,1H3/t8?,10-,11-,12-/m1/s1. The molecule has 0 saturated carbocycles. The second-order valence-electron chi connectivity index (χ2n) is 4.28. The van der Waals surface area contributed by atoms with Gasteiger partial charge in [0.05, 0.1) is 12.5 Å². The number of rotatable bonds is 3. The van der Waals surface area contributed by atoms with Crippen LogP contribution >= 0.6 is 11.6 Å². The van der Waals surface area contributed by atoms with Crippen molar-refractivity contribution in [2.24, 2.45) is 5.92 Å². The minimum Gasteiger partial charge on any atom is -0.366 e. The zero-order valence-corrected chi connectivity index (χ0v) is 10.2. The predicted molar refractivity (Wildman–Crippen MR) is 64.7 cm³/mol. The highest BCUT2D eigenvalue weighted by atomic mass is 35.5. The second-order valence-corrected chi connectivity index (χ2v) is 4.97. The van der Waals surface area contributed by atoms with Crippen LogP contribution in [0.25, 0.3) is 0 Å². The molecule has 1 aromatic carbocycles. The Bertz CT molecular complexity index is 396. The maximum absolute atomic E-state index is 11.2. The molecule has 1 fully saturated rings. The molecule has 1 heterocycles. The summed E-state index contributed by atoms with van der Waals surface area (Å²) in [6.45, 7) is 2.12. The van der Waals surface area contributed by atoms with E-state index in [9.17, 15) is 10.1 Å². The van der Waals surface area contributed by atoms with E-state index in [1.54, 1.807) is 6.92 Å². The number of hydrogen-bond acceptors (Lipinski definition) is 3. The van der Waals surface area contributed by atoms with E-state index in [0.717, 1.165) is 5.56 Å². The first-order valence-corrected chi connectivity index (χ1v) is 5.99. The third kappa shape index (κ3) is 2.42. The fraction of sp³-hybridized carbons (Fsp3) is 0.500. The first kappa shape index (κ1) is 12.3. The number of nitrogens with zero attached hydrogens (tertiary/aromatic N) is 1. The molecule has 0 aliphatic carbocycles. The normalized spacial score (nSPS) is 30.1. The zero-order valence-electron chi connectivity index (χ0n) is 9.45. The summed E-state index contributed by atoms with van der Waals surface area (Å²) < 4.78 is 5.56. The first-order chi connectivity index (χ1) is 8.11. The van der Waals surface area contributed by atoms with Gasteiger partial charge in [0.15, 0.2) is 6.10 Å². The van der Waals surface area contributed by atoms with Crippen LogP contribution in [0.2, 0.25) is 0 Å².